The van der Waals surface area contributed by atoms with E-state index in [4.69, 9.17) is 14.6 Å². The molecular weight excluding hydrogens is 386 g/mol. The maximum Gasteiger partial charge on any atom is 0.290 e. The van der Waals surface area contributed by atoms with E-state index in [1.54, 1.807) is 13.3 Å². The monoisotopic (exact) mass is 413 g/mol. The van der Waals surface area contributed by atoms with E-state index in [0.29, 0.717) is 12.5 Å². The normalized spacial score (nSPS) is 15.8. The molecular formula is C21H27N5O4. The fourth-order valence-electron chi connectivity index (χ4n) is 3.70. The van der Waals surface area contributed by atoms with Crippen molar-refractivity contribution >= 4 is 23.3 Å². The van der Waals surface area contributed by atoms with E-state index in [9.17, 15) is 4.79 Å². The van der Waals surface area contributed by atoms with Gasteiger partial charge in [-0.3, -0.25) is 14.3 Å². The Balaban J connectivity index is 0.000000806. The van der Waals surface area contributed by atoms with Crippen molar-refractivity contribution in [3.8, 4) is 5.75 Å². The smallest absolute Gasteiger partial charge is 0.290 e. The Morgan fingerprint density at radius 1 is 1.40 bits per heavy atom. The van der Waals surface area contributed by atoms with Gasteiger partial charge in [0.15, 0.2) is 0 Å². The minimum atomic E-state index is -0.250. The van der Waals surface area contributed by atoms with Gasteiger partial charge in [-0.15, -0.1) is 0 Å². The van der Waals surface area contributed by atoms with Gasteiger partial charge in [0.25, 0.3) is 6.47 Å². The molecule has 30 heavy (non-hydrogen) atoms. The van der Waals surface area contributed by atoms with E-state index in [1.807, 2.05) is 35.0 Å². The number of carbonyl (C=O) groups excluding carboxylic acids is 1. The summed E-state index contributed by atoms with van der Waals surface area (Å²) in [7, 11) is 1.65. The molecule has 1 amide bonds. The van der Waals surface area contributed by atoms with Crippen LogP contribution in [0, 0.1) is 0 Å². The van der Waals surface area contributed by atoms with Crippen LogP contribution in [-0.2, 0) is 22.7 Å². The number of benzene rings is 1. The quantitative estimate of drug-likeness (QED) is 0.458. The van der Waals surface area contributed by atoms with Crippen LogP contribution in [0.2, 0.25) is 0 Å². The van der Waals surface area contributed by atoms with Crippen molar-refractivity contribution in [1.29, 1.82) is 0 Å². The molecule has 4 rings (SSSR count). The van der Waals surface area contributed by atoms with Crippen LogP contribution in [0.1, 0.15) is 30.1 Å². The number of nitrogens with zero attached hydrogens (tertiary/aromatic N) is 2. The van der Waals surface area contributed by atoms with Crippen LogP contribution < -0.4 is 15.4 Å². The van der Waals surface area contributed by atoms with Gasteiger partial charge in [0.2, 0.25) is 5.91 Å². The van der Waals surface area contributed by atoms with Gasteiger partial charge >= 0.3 is 0 Å². The number of hydrogen-bond donors (Lipinski definition) is 4. The number of hydrogen-bond acceptors (Lipinski definition) is 5. The molecule has 9 heteroatoms. The van der Waals surface area contributed by atoms with Crippen LogP contribution in [0.3, 0.4) is 0 Å². The number of rotatable bonds is 6. The molecule has 0 spiro atoms. The maximum absolute atomic E-state index is 12.4. The summed E-state index contributed by atoms with van der Waals surface area (Å²) in [6.45, 7) is 2.47. The van der Waals surface area contributed by atoms with E-state index in [1.165, 1.54) is 0 Å². The minimum Gasteiger partial charge on any atom is -0.497 e. The van der Waals surface area contributed by atoms with E-state index < -0.39 is 0 Å². The molecule has 9 nitrogen and oxygen atoms in total. The lowest BCUT2D eigenvalue weighted by molar-refractivity contribution is -0.123. The van der Waals surface area contributed by atoms with Crippen molar-refractivity contribution in [1.82, 2.24) is 25.4 Å². The number of nitrogens with one attached hydrogen (secondary N) is 3. The van der Waals surface area contributed by atoms with Crippen molar-refractivity contribution in [3.63, 3.8) is 0 Å². The Morgan fingerprint density at radius 3 is 2.97 bits per heavy atom. The second-order valence-corrected chi connectivity index (χ2v) is 7.09. The second kappa shape index (κ2) is 10.4. The highest BCUT2D eigenvalue weighted by molar-refractivity contribution is 5.82. The third-order valence-electron chi connectivity index (χ3n) is 5.12. The highest BCUT2D eigenvalue weighted by Gasteiger charge is 2.19. The number of methoxy groups -OCH3 is 1. The first-order valence-electron chi connectivity index (χ1n) is 9.87. The van der Waals surface area contributed by atoms with Gasteiger partial charge in [0, 0.05) is 41.0 Å². The molecule has 1 aromatic carbocycles. The number of carbonyl (C=O) groups is 2. The van der Waals surface area contributed by atoms with Crippen molar-refractivity contribution in [3.05, 3.63) is 47.9 Å². The summed E-state index contributed by atoms with van der Waals surface area (Å²) in [4.78, 5) is 24.1. The van der Waals surface area contributed by atoms with Crippen LogP contribution >= 0.6 is 0 Å². The van der Waals surface area contributed by atoms with Gasteiger partial charge in [0.05, 0.1) is 13.7 Å². The minimum absolute atomic E-state index is 0.0417. The van der Waals surface area contributed by atoms with Crippen LogP contribution in [0.25, 0.3) is 10.9 Å². The molecule has 1 fully saturated rings. The van der Waals surface area contributed by atoms with Crippen molar-refractivity contribution in [2.24, 2.45) is 0 Å². The molecule has 2 aromatic heterocycles. The molecule has 3 heterocycles. The summed E-state index contributed by atoms with van der Waals surface area (Å²) >= 11 is 0. The number of amides is 1. The number of H-pyrrole nitrogens is 1. The summed E-state index contributed by atoms with van der Waals surface area (Å²) in [5, 5.41) is 18.7. The lowest BCUT2D eigenvalue weighted by atomic mass is 9.96. The van der Waals surface area contributed by atoms with Crippen LogP contribution in [0.4, 0.5) is 0 Å². The van der Waals surface area contributed by atoms with Crippen molar-refractivity contribution in [2.45, 2.75) is 31.8 Å². The number of piperidine rings is 1. The summed E-state index contributed by atoms with van der Waals surface area (Å²) in [6, 6.07) is 9.93. The molecule has 1 unspecified atom stereocenters. The molecule has 1 saturated heterocycles. The van der Waals surface area contributed by atoms with E-state index in [-0.39, 0.29) is 18.9 Å². The SMILES string of the molecule is COc1ccc2[nH]c(CNC(=O)Cn3nccc3C3CCCNC3)cc2c1.O=CO. The summed E-state index contributed by atoms with van der Waals surface area (Å²) in [5.74, 6) is 1.21. The topological polar surface area (TPSA) is 121 Å². The number of aromatic amines is 1. The predicted octanol–water partition coefficient (Wildman–Crippen LogP) is 1.86. The number of aromatic nitrogens is 3. The average Bonchev–Trinajstić information content (AvgIpc) is 3.39. The van der Waals surface area contributed by atoms with Gasteiger partial charge < -0.3 is 25.5 Å². The molecule has 1 aliphatic rings. The molecule has 1 aliphatic heterocycles. The van der Waals surface area contributed by atoms with Crippen LogP contribution in [0.5, 0.6) is 5.75 Å². The standard InChI is InChI=1S/C20H25N5O2.CH2O2/c1-27-17-4-5-18-15(10-17)9-16(24-18)12-22-20(26)13-25-19(6-8-23-25)14-3-2-7-21-11-14;2-1-3/h4-6,8-10,14,21,24H,2-3,7,11-13H2,1H3,(H,22,26);1H,(H,2,3). The average molecular weight is 413 g/mol. The largest absolute Gasteiger partial charge is 0.497 e. The first-order valence-corrected chi connectivity index (χ1v) is 9.87. The van der Waals surface area contributed by atoms with Gasteiger partial charge in [-0.1, -0.05) is 0 Å². The first-order chi connectivity index (χ1) is 14.6. The molecule has 160 valence electrons. The molecule has 0 saturated carbocycles. The predicted molar refractivity (Wildman–Crippen MR) is 112 cm³/mol. The third kappa shape index (κ3) is 5.38. The van der Waals surface area contributed by atoms with Gasteiger partial charge in [0.1, 0.15) is 12.3 Å². The molecule has 0 aliphatic carbocycles. The Labute approximate surface area is 174 Å². The Morgan fingerprint density at radius 2 is 2.23 bits per heavy atom. The Bertz CT molecular complexity index is 975. The summed E-state index contributed by atoms with van der Waals surface area (Å²) < 4.78 is 7.07. The third-order valence-corrected chi connectivity index (χ3v) is 5.12. The zero-order chi connectivity index (χ0) is 21.3. The lowest BCUT2D eigenvalue weighted by Crippen LogP contribution is -2.32. The lowest BCUT2D eigenvalue weighted by Gasteiger charge is -2.23. The van der Waals surface area contributed by atoms with Crippen molar-refractivity contribution in [2.75, 3.05) is 20.2 Å². The summed E-state index contributed by atoms with van der Waals surface area (Å²) in [6.07, 6.45) is 4.08. The fraction of sp³-hybridized carbons (Fsp3) is 0.381. The van der Waals surface area contributed by atoms with Crippen LogP contribution in [0.15, 0.2) is 36.5 Å². The molecule has 3 aromatic rings. The fourth-order valence-corrected chi connectivity index (χ4v) is 3.70. The van der Waals surface area contributed by atoms with E-state index >= 15 is 0 Å². The molecule has 0 bridgehead atoms. The van der Waals surface area contributed by atoms with Crippen LogP contribution in [-0.4, -0.2) is 52.4 Å². The highest BCUT2D eigenvalue weighted by Crippen LogP contribution is 2.23. The van der Waals surface area contributed by atoms with Crippen molar-refractivity contribution < 1.29 is 19.4 Å². The Hall–Kier alpha value is -3.33. The maximum atomic E-state index is 12.4. The second-order valence-electron chi connectivity index (χ2n) is 7.09. The number of fused-ring (bicyclic) bond motifs is 1. The zero-order valence-corrected chi connectivity index (χ0v) is 16.9. The van der Waals surface area contributed by atoms with E-state index in [0.717, 1.165) is 54.0 Å². The van der Waals surface area contributed by atoms with Gasteiger partial charge in [-0.2, -0.15) is 5.10 Å². The first kappa shape index (κ1) is 21.4. The zero-order valence-electron chi connectivity index (χ0n) is 16.9. The number of carboxylic acid groups (broad SMARTS) is 1. The molecule has 4 N–H and O–H groups in total. The Kier molecular flexibility index (Phi) is 7.45. The number of ether oxygens (including phenoxy) is 1. The van der Waals surface area contributed by atoms with E-state index in [2.05, 4.69) is 20.7 Å². The van der Waals surface area contributed by atoms with Gasteiger partial charge in [-0.25, -0.2) is 0 Å². The summed E-state index contributed by atoms with van der Waals surface area (Å²) in [5.41, 5.74) is 3.12. The molecule has 0 radical (unpaired) electrons. The molecule has 1 atom stereocenters. The van der Waals surface area contributed by atoms with Gasteiger partial charge in [-0.05, 0) is 49.7 Å². The highest BCUT2D eigenvalue weighted by atomic mass is 16.5.